The standard InChI is InChI=1S/C24H35N3O4/c1-17-7-5-8-18(13-17)16-27-20(10-11-21(27)28)22(29)26-12-6-9-19(15-26)14-25-23(30)31-24(2,3)4/h5,7-8,13,19-20H,6,9-12,14-16H2,1-4H3,(H,25,30)/t19-,20-/m0/s1. The molecule has 0 unspecified atom stereocenters. The summed E-state index contributed by atoms with van der Waals surface area (Å²) in [4.78, 5) is 41.4. The molecule has 1 aromatic carbocycles. The highest BCUT2D eigenvalue weighted by atomic mass is 16.6. The first-order valence-corrected chi connectivity index (χ1v) is 11.2. The van der Waals surface area contributed by atoms with Crippen molar-refractivity contribution in [2.75, 3.05) is 19.6 Å². The van der Waals surface area contributed by atoms with E-state index in [1.54, 1.807) is 4.90 Å². The molecule has 2 aliphatic heterocycles. The van der Waals surface area contributed by atoms with E-state index in [9.17, 15) is 14.4 Å². The number of piperidine rings is 1. The molecule has 0 aromatic heterocycles. The zero-order valence-corrected chi connectivity index (χ0v) is 19.1. The van der Waals surface area contributed by atoms with Gasteiger partial charge in [0.1, 0.15) is 11.6 Å². The van der Waals surface area contributed by atoms with Gasteiger partial charge in [0, 0.05) is 32.6 Å². The van der Waals surface area contributed by atoms with E-state index in [-0.39, 0.29) is 17.7 Å². The van der Waals surface area contributed by atoms with Crippen LogP contribution in [0, 0.1) is 12.8 Å². The maximum absolute atomic E-state index is 13.3. The summed E-state index contributed by atoms with van der Waals surface area (Å²) >= 11 is 0. The van der Waals surface area contributed by atoms with E-state index in [0.717, 1.165) is 24.0 Å². The number of alkyl carbamates (subject to hydrolysis) is 1. The molecule has 2 atom stereocenters. The van der Waals surface area contributed by atoms with Gasteiger partial charge in [-0.1, -0.05) is 29.8 Å². The van der Waals surface area contributed by atoms with E-state index < -0.39 is 17.7 Å². The summed E-state index contributed by atoms with van der Waals surface area (Å²) in [5.74, 6) is 0.257. The number of carbonyl (C=O) groups is 3. The predicted molar refractivity (Wildman–Crippen MR) is 118 cm³/mol. The van der Waals surface area contributed by atoms with Crippen molar-refractivity contribution in [1.29, 1.82) is 0 Å². The lowest BCUT2D eigenvalue weighted by molar-refractivity contribution is -0.143. The third-order valence-corrected chi connectivity index (χ3v) is 5.81. The number of aryl methyl sites for hydroxylation is 1. The minimum atomic E-state index is -0.533. The van der Waals surface area contributed by atoms with Crippen LogP contribution in [0.1, 0.15) is 57.6 Å². The van der Waals surface area contributed by atoms with Crippen LogP contribution in [0.15, 0.2) is 24.3 Å². The molecule has 2 fully saturated rings. The molecule has 3 rings (SSSR count). The van der Waals surface area contributed by atoms with Crippen LogP contribution in [0.4, 0.5) is 4.79 Å². The normalized spacial score (nSPS) is 21.9. The van der Waals surface area contributed by atoms with Gasteiger partial charge < -0.3 is 19.9 Å². The van der Waals surface area contributed by atoms with Gasteiger partial charge in [-0.2, -0.15) is 0 Å². The molecule has 31 heavy (non-hydrogen) atoms. The lowest BCUT2D eigenvalue weighted by Gasteiger charge is -2.36. The molecule has 1 aromatic rings. The van der Waals surface area contributed by atoms with E-state index in [1.165, 1.54) is 0 Å². The van der Waals surface area contributed by atoms with Gasteiger partial charge in [-0.15, -0.1) is 0 Å². The molecule has 0 radical (unpaired) electrons. The van der Waals surface area contributed by atoms with E-state index in [0.29, 0.717) is 39.0 Å². The number of amides is 3. The van der Waals surface area contributed by atoms with Crippen LogP contribution in [0.25, 0.3) is 0 Å². The topological polar surface area (TPSA) is 79.0 Å². The smallest absolute Gasteiger partial charge is 0.407 e. The first-order chi connectivity index (χ1) is 14.6. The average Bonchev–Trinajstić information content (AvgIpc) is 3.05. The number of hydrogen-bond donors (Lipinski definition) is 1. The van der Waals surface area contributed by atoms with Crippen molar-refractivity contribution >= 4 is 17.9 Å². The number of ether oxygens (including phenoxy) is 1. The molecule has 2 aliphatic rings. The molecule has 7 nitrogen and oxygen atoms in total. The summed E-state index contributed by atoms with van der Waals surface area (Å²) < 4.78 is 5.30. The minimum Gasteiger partial charge on any atom is -0.444 e. The lowest BCUT2D eigenvalue weighted by Crippen LogP contribution is -2.51. The molecule has 0 aliphatic carbocycles. The van der Waals surface area contributed by atoms with Gasteiger partial charge in [0.2, 0.25) is 11.8 Å². The minimum absolute atomic E-state index is 0.0282. The second kappa shape index (κ2) is 9.71. The van der Waals surface area contributed by atoms with Crippen molar-refractivity contribution < 1.29 is 19.1 Å². The number of likely N-dealkylation sites (tertiary alicyclic amines) is 2. The van der Waals surface area contributed by atoms with Crippen molar-refractivity contribution in [2.24, 2.45) is 5.92 Å². The summed E-state index contributed by atoms with van der Waals surface area (Å²) in [6.07, 6.45) is 2.41. The van der Waals surface area contributed by atoms with Crippen LogP contribution in [-0.4, -0.2) is 59.0 Å². The number of hydrogen-bond acceptors (Lipinski definition) is 4. The van der Waals surface area contributed by atoms with Gasteiger partial charge in [-0.25, -0.2) is 4.79 Å². The van der Waals surface area contributed by atoms with Crippen LogP contribution < -0.4 is 5.32 Å². The van der Waals surface area contributed by atoms with Crippen molar-refractivity contribution in [2.45, 2.75) is 71.6 Å². The highest BCUT2D eigenvalue weighted by Crippen LogP contribution is 2.26. The summed E-state index contributed by atoms with van der Waals surface area (Å²) in [6.45, 7) is 9.76. The van der Waals surface area contributed by atoms with Gasteiger partial charge in [-0.05, 0) is 58.4 Å². The Morgan fingerprint density at radius 2 is 2.00 bits per heavy atom. The fraction of sp³-hybridized carbons (Fsp3) is 0.625. The van der Waals surface area contributed by atoms with Gasteiger partial charge in [-0.3, -0.25) is 9.59 Å². The quantitative estimate of drug-likeness (QED) is 0.779. The Balaban J connectivity index is 1.57. The molecular formula is C24H35N3O4. The molecule has 2 heterocycles. The fourth-order valence-corrected chi connectivity index (χ4v) is 4.38. The maximum Gasteiger partial charge on any atom is 0.407 e. The zero-order chi connectivity index (χ0) is 22.6. The summed E-state index contributed by atoms with van der Waals surface area (Å²) in [5, 5.41) is 2.83. The third-order valence-electron chi connectivity index (χ3n) is 5.81. The van der Waals surface area contributed by atoms with Gasteiger partial charge >= 0.3 is 6.09 Å². The third kappa shape index (κ3) is 6.45. The molecule has 2 saturated heterocycles. The monoisotopic (exact) mass is 429 g/mol. The molecule has 0 bridgehead atoms. The fourth-order valence-electron chi connectivity index (χ4n) is 4.38. The van der Waals surface area contributed by atoms with E-state index in [1.807, 2.05) is 50.8 Å². The number of nitrogens with one attached hydrogen (secondary N) is 1. The van der Waals surface area contributed by atoms with E-state index >= 15 is 0 Å². The molecule has 1 N–H and O–H groups in total. The SMILES string of the molecule is Cc1cccc(CN2C(=O)CC[C@H]2C(=O)N2CCC[C@@H](CNC(=O)OC(C)(C)C)C2)c1. The van der Waals surface area contributed by atoms with Crippen molar-refractivity contribution in [3.8, 4) is 0 Å². The Kier molecular flexibility index (Phi) is 7.23. The highest BCUT2D eigenvalue weighted by Gasteiger charge is 2.39. The molecule has 3 amide bonds. The summed E-state index contributed by atoms with van der Waals surface area (Å²) in [6, 6.07) is 7.67. The second-order valence-electron chi connectivity index (χ2n) is 9.74. The summed E-state index contributed by atoms with van der Waals surface area (Å²) in [5.41, 5.74) is 1.66. The molecule has 7 heteroatoms. The van der Waals surface area contributed by atoms with Crippen LogP contribution in [0.2, 0.25) is 0 Å². The van der Waals surface area contributed by atoms with Crippen LogP contribution in [-0.2, 0) is 20.9 Å². The van der Waals surface area contributed by atoms with E-state index in [4.69, 9.17) is 4.74 Å². The van der Waals surface area contributed by atoms with Crippen molar-refractivity contribution in [1.82, 2.24) is 15.1 Å². The predicted octanol–water partition coefficient (Wildman–Crippen LogP) is 3.25. The lowest BCUT2D eigenvalue weighted by atomic mass is 9.97. The van der Waals surface area contributed by atoms with Gasteiger partial charge in [0.15, 0.2) is 0 Å². The average molecular weight is 430 g/mol. The number of rotatable bonds is 5. The zero-order valence-electron chi connectivity index (χ0n) is 19.1. The van der Waals surface area contributed by atoms with Gasteiger partial charge in [0.05, 0.1) is 0 Å². The molecular weight excluding hydrogens is 394 g/mol. The molecule has 170 valence electrons. The number of carbonyl (C=O) groups excluding carboxylic acids is 3. The molecule has 0 spiro atoms. The van der Waals surface area contributed by atoms with Crippen LogP contribution in [0.3, 0.4) is 0 Å². The van der Waals surface area contributed by atoms with Crippen molar-refractivity contribution in [3.05, 3.63) is 35.4 Å². The second-order valence-corrected chi connectivity index (χ2v) is 9.74. The number of nitrogens with zero attached hydrogens (tertiary/aromatic N) is 2. The van der Waals surface area contributed by atoms with Crippen LogP contribution in [0.5, 0.6) is 0 Å². The van der Waals surface area contributed by atoms with Gasteiger partial charge in [0.25, 0.3) is 0 Å². The maximum atomic E-state index is 13.3. The first-order valence-electron chi connectivity index (χ1n) is 11.2. The Labute approximate surface area is 185 Å². The largest absolute Gasteiger partial charge is 0.444 e. The highest BCUT2D eigenvalue weighted by molar-refractivity contribution is 5.91. The van der Waals surface area contributed by atoms with Crippen LogP contribution >= 0.6 is 0 Å². The molecule has 0 saturated carbocycles. The van der Waals surface area contributed by atoms with E-state index in [2.05, 4.69) is 11.4 Å². The summed E-state index contributed by atoms with van der Waals surface area (Å²) in [7, 11) is 0. The number of benzene rings is 1. The Bertz CT molecular complexity index is 817. The first kappa shape index (κ1) is 23.1. The Morgan fingerprint density at radius 3 is 2.71 bits per heavy atom. The Morgan fingerprint density at radius 1 is 1.23 bits per heavy atom. The Hall–Kier alpha value is -2.57. The van der Waals surface area contributed by atoms with Crippen molar-refractivity contribution in [3.63, 3.8) is 0 Å².